The summed E-state index contributed by atoms with van der Waals surface area (Å²) in [5.41, 5.74) is -0.408. The van der Waals surface area contributed by atoms with Gasteiger partial charge in [-0.1, -0.05) is 36.4 Å². The number of furan rings is 1. The lowest BCUT2D eigenvalue weighted by Gasteiger charge is -2.21. The van der Waals surface area contributed by atoms with Gasteiger partial charge in [0, 0.05) is 4.88 Å². The van der Waals surface area contributed by atoms with Gasteiger partial charge in [-0.15, -0.1) is 11.3 Å². The van der Waals surface area contributed by atoms with Gasteiger partial charge < -0.3 is 15.1 Å². The molecule has 0 saturated carbocycles. The highest BCUT2D eigenvalue weighted by Crippen LogP contribution is 2.29. The Balaban J connectivity index is 1.51. The Bertz CT molecular complexity index is 1020. The molecule has 4 rings (SSSR count). The van der Waals surface area contributed by atoms with Crippen LogP contribution >= 0.6 is 11.3 Å². The molecule has 1 saturated heterocycles. The van der Waals surface area contributed by atoms with E-state index in [0.717, 1.165) is 15.3 Å². The van der Waals surface area contributed by atoms with Gasteiger partial charge in [0.05, 0.1) is 12.3 Å². The van der Waals surface area contributed by atoms with Crippen LogP contribution in [0.15, 0.2) is 70.7 Å². The molecule has 29 heavy (non-hydrogen) atoms. The van der Waals surface area contributed by atoms with Crippen LogP contribution in [-0.4, -0.2) is 29.3 Å². The van der Waals surface area contributed by atoms with Crippen LogP contribution in [0, 0.1) is 0 Å². The van der Waals surface area contributed by atoms with Gasteiger partial charge in [0.1, 0.15) is 12.3 Å². The van der Waals surface area contributed by atoms with E-state index in [0.29, 0.717) is 5.76 Å². The normalized spacial score (nSPS) is 19.8. The molecule has 3 heterocycles. The maximum absolute atomic E-state index is 12.9. The van der Waals surface area contributed by atoms with Crippen molar-refractivity contribution >= 4 is 29.2 Å². The van der Waals surface area contributed by atoms with Crippen LogP contribution in [0.1, 0.15) is 29.2 Å². The lowest BCUT2D eigenvalue weighted by atomic mass is 9.99. The molecule has 0 radical (unpaired) electrons. The summed E-state index contributed by atoms with van der Waals surface area (Å²) in [5.74, 6) is -0.640. The molecule has 0 aliphatic carbocycles. The Morgan fingerprint density at radius 2 is 1.97 bits per heavy atom. The third-order valence-corrected chi connectivity index (χ3v) is 5.79. The van der Waals surface area contributed by atoms with Crippen LogP contribution in [0.4, 0.5) is 4.79 Å². The molecular formula is C21H19N3O4S. The summed E-state index contributed by atoms with van der Waals surface area (Å²) in [7, 11) is 0. The smallest absolute Gasteiger partial charge is 0.325 e. The fourth-order valence-corrected chi connectivity index (χ4v) is 4.14. The van der Waals surface area contributed by atoms with E-state index in [9.17, 15) is 14.4 Å². The SMILES string of the molecule is CC1(c2ccco2)NC(=O)N(CC(=O)NC(c2ccccc2)c2cccs2)C1=O. The number of hydrogen-bond donors (Lipinski definition) is 2. The number of thiophene rings is 1. The van der Waals surface area contributed by atoms with Gasteiger partial charge in [0.2, 0.25) is 5.91 Å². The van der Waals surface area contributed by atoms with Crippen molar-refractivity contribution in [1.29, 1.82) is 0 Å². The van der Waals surface area contributed by atoms with Gasteiger partial charge in [-0.2, -0.15) is 0 Å². The predicted molar refractivity (Wildman–Crippen MR) is 107 cm³/mol. The van der Waals surface area contributed by atoms with Crippen molar-refractivity contribution in [3.05, 3.63) is 82.4 Å². The number of carbonyl (C=O) groups excluding carboxylic acids is 3. The summed E-state index contributed by atoms with van der Waals surface area (Å²) >= 11 is 1.52. The van der Waals surface area contributed by atoms with E-state index in [2.05, 4.69) is 10.6 Å². The van der Waals surface area contributed by atoms with E-state index in [1.54, 1.807) is 19.1 Å². The summed E-state index contributed by atoms with van der Waals surface area (Å²) in [6.45, 7) is 1.18. The Hall–Kier alpha value is -3.39. The van der Waals surface area contributed by atoms with E-state index in [4.69, 9.17) is 4.42 Å². The number of nitrogens with one attached hydrogen (secondary N) is 2. The zero-order valence-electron chi connectivity index (χ0n) is 15.6. The first-order valence-corrected chi connectivity index (χ1v) is 9.93. The number of imide groups is 1. The summed E-state index contributed by atoms with van der Waals surface area (Å²) in [6, 6.07) is 15.7. The Labute approximate surface area is 171 Å². The highest BCUT2D eigenvalue weighted by molar-refractivity contribution is 7.10. The molecule has 2 atom stereocenters. The van der Waals surface area contributed by atoms with Crippen LogP contribution < -0.4 is 10.6 Å². The molecule has 1 aliphatic rings. The van der Waals surface area contributed by atoms with Crippen LogP contribution in [0.25, 0.3) is 0 Å². The Kier molecular flexibility index (Phi) is 4.94. The van der Waals surface area contributed by atoms with Gasteiger partial charge in [-0.25, -0.2) is 4.79 Å². The number of benzene rings is 1. The lowest BCUT2D eigenvalue weighted by molar-refractivity contribution is -0.135. The van der Waals surface area contributed by atoms with Crippen molar-refractivity contribution in [2.75, 3.05) is 6.54 Å². The maximum Gasteiger partial charge on any atom is 0.325 e. The zero-order valence-corrected chi connectivity index (χ0v) is 16.4. The number of amides is 4. The molecule has 3 aromatic rings. The number of rotatable bonds is 6. The predicted octanol–water partition coefficient (Wildman–Crippen LogP) is 3.01. The van der Waals surface area contributed by atoms with Crippen LogP contribution in [0.2, 0.25) is 0 Å². The third kappa shape index (κ3) is 3.54. The monoisotopic (exact) mass is 409 g/mol. The van der Waals surface area contributed by atoms with Gasteiger partial charge >= 0.3 is 6.03 Å². The molecule has 1 aliphatic heterocycles. The molecule has 1 aromatic carbocycles. The van der Waals surface area contributed by atoms with E-state index >= 15 is 0 Å². The fraction of sp³-hybridized carbons (Fsp3) is 0.190. The van der Waals surface area contributed by atoms with Gasteiger partial charge in [0.15, 0.2) is 5.54 Å². The van der Waals surface area contributed by atoms with Crippen LogP contribution in [-0.2, 0) is 15.1 Å². The van der Waals surface area contributed by atoms with E-state index in [1.807, 2.05) is 47.8 Å². The van der Waals surface area contributed by atoms with Gasteiger partial charge in [-0.05, 0) is 36.1 Å². The topological polar surface area (TPSA) is 91.7 Å². The molecule has 2 aromatic heterocycles. The van der Waals surface area contributed by atoms with Gasteiger partial charge in [-0.3, -0.25) is 14.5 Å². The minimum atomic E-state index is -1.33. The highest BCUT2D eigenvalue weighted by Gasteiger charge is 2.51. The second kappa shape index (κ2) is 7.56. The summed E-state index contributed by atoms with van der Waals surface area (Å²) in [4.78, 5) is 39.9. The van der Waals surface area contributed by atoms with Crippen LogP contribution in [0.5, 0.6) is 0 Å². The number of nitrogens with zero attached hydrogens (tertiary/aromatic N) is 1. The average molecular weight is 409 g/mol. The molecule has 4 amide bonds. The fourth-order valence-electron chi connectivity index (χ4n) is 3.34. The number of urea groups is 1. The molecule has 2 N–H and O–H groups in total. The molecule has 0 spiro atoms. The third-order valence-electron chi connectivity index (χ3n) is 4.86. The van der Waals surface area contributed by atoms with Crippen molar-refractivity contribution in [3.8, 4) is 0 Å². The quantitative estimate of drug-likeness (QED) is 0.612. The minimum Gasteiger partial charge on any atom is -0.466 e. The summed E-state index contributed by atoms with van der Waals surface area (Å²) in [5, 5.41) is 7.49. The molecule has 2 unspecified atom stereocenters. The molecule has 8 heteroatoms. The maximum atomic E-state index is 12.9. The first-order valence-electron chi connectivity index (χ1n) is 9.05. The molecular weight excluding hydrogens is 390 g/mol. The first-order chi connectivity index (χ1) is 14.0. The number of carbonyl (C=O) groups is 3. The van der Waals surface area contributed by atoms with E-state index in [1.165, 1.54) is 17.6 Å². The average Bonchev–Trinajstić information content (AvgIpc) is 3.47. The van der Waals surface area contributed by atoms with E-state index < -0.39 is 23.4 Å². The lowest BCUT2D eigenvalue weighted by Crippen LogP contribution is -2.43. The second-order valence-corrected chi connectivity index (χ2v) is 7.83. The largest absolute Gasteiger partial charge is 0.466 e. The van der Waals surface area contributed by atoms with E-state index in [-0.39, 0.29) is 12.6 Å². The standard InChI is InChI=1S/C21H19N3O4S/c1-21(16-10-5-11-28-16)19(26)24(20(27)23-21)13-17(25)22-18(15-9-6-12-29-15)14-7-3-2-4-8-14/h2-12,18H,13H2,1H3,(H,22,25)(H,23,27). The van der Waals surface area contributed by atoms with Crippen molar-refractivity contribution in [2.45, 2.75) is 18.5 Å². The summed E-state index contributed by atoms with van der Waals surface area (Å²) in [6.07, 6.45) is 1.43. The molecule has 1 fully saturated rings. The summed E-state index contributed by atoms with van der Waals surface area (Å²) < 4.78 is 5.30. The molecule has 148 valence electrons. The minimum absolute atomic E-state index is 0.319. The first kappa shape index (κ1) is 18.9. The van der Waals surface area contributed by atoms with Crippen molar-refractivity contribution < 1.29 is 18.8 Å². The Morgan fingerprint density at radius 1 is 1.17 bits per heavy atom. The van der Waals surface area contributed by atoms with Crippen molar-refractivity contribution in [3.63, 3.8) is 0 Å². The van der Waals surface area contributed by atoms with Crippen molar-refractivity contribution in [2.24, 2.45) is 0 Å². The van der Waals surface area contributed by atoms with Gasteiger partial charge in [0.25, 0.3) is 5.91 Å². The highest BCUT2D eigenvalue weighted by atomic mass is 32.1. The number of hydrogen-bond acceptors (Lipinski definition) is 5. The van der Waals surface area contributed by atoms with Crippen LogP contribution in [0.3, 0.4) is 0 Å². The second-order valence-electron chi connectivity index (χ2n) is 6.85. The van der Waals surface area contributed by atoms with Crippen molar-refractivity contribution in [1.82, 2.24) is 15.5 Å². The Morgan fingerprint density at radius 3 is 2.62 bits per heavy atom. The molecule has 0 bridgehead atoms. The zero-order chi connectivity index (χ0) is 20.4. The molecule has 7 nitrogen and oxygen atoms in total.